The first-order valence-electron chi connectivity index (χ1n) is 3.01. The summed E-state index contributed by atoms with van der Waals surface area (Å²) in [6.45, 7) is -0.227. The van der Waals surface area contributed by atoms with Crippen molar-refractivity contribution in [2.24, 2.45) is 5.73 Å². The van der Waals surface area contributed by atoms with Gasteiger partial charge >= 0.3 is 16.4 Å². The summed E-state index contributed by atoms with van der Waals surface area (Å²) < 4.78 is 31.6. The van der Waals surface area contributed by atoms with Crippen molar-refractivity contribution >= 4 is 22.3 Å². The van der Waals surface area contributed by atoms with E-state index >= 15 is 0 Å². The summed E-state index contributed by atoms with van der Waals surface area (Å²) in [4.78, 5) is 11.0. The van der Waals surface area contributed by atoms with Crippen LogP contribution < -0.4 is 5.73 Å². The van der Waals surface area contributed by atoms with Gasteiger partial charge in [-0.25, -0.2) is 0 Å². The van der Waals surface area contributed by atoms with Crippen LogP contribution in [0.4, 0.5) is 0 Å². The van der Waals surface area contributed by atoms with Crippen molar-refractivity contribution in [2.45, 2.75) is 0 Å². The minimum atomic E-state index is -4.67. The molecular weight excluding hydrogens is 234 g/mol. The van der Waals surface area contributed by atoms with E-state index in [1.54, 1.807) is 0 Å². The Hall–Kier alpha value is -1.43. The smallest absolute Gasteiger partial charge is 0.394 e. The third-order valence-electron chi connectivity index (χ3n) is 0.784. The summed E-state index contributed by atoms with van der Waals surface area (Å²) in [5, 5.41) is 14.9. The first-order chi connectivity index (χ1) is 6.04. The molecule has 0 saturated carbocycles. The minimum absolute atomic E-state index is 0. The van der Waals surface area contributed by atoms with E-state index in [1.165, 1.54) is 7.05 Å². The van der Waals surface area contributed by atoms with Gasteiger partial charge in [0.1, 0.15) is 6.54 Å². The van der Waals surface area contributed by atoms with Crippen molar-refractivity contribution in [1.82, 2.24) is 4.90 Å². The fourth-order valence-corrected chi connectivity index (χ4v) is 0.288. The summed E-state index contributed by atoms with van der Waals surface area (Å²) in [5.74, 6) is -1.23. The Balaban J connectivity index is -0.000000208. The number of carboxylic acid groups (broad SMARTS) is 1. The van der Waals surface area contributed by atoms with Gasteiger partial charge in [0.15, 0.2) is 5.96 Å². The van der Waals surface area contributed by atoms with E-state index < -0.39 is 16.4 Å². The van der Waals surface area contributed by atoms with Gasteiger partial charge in [0.2, 0.25) is 0 Å². The molecule has 0 aromatic heterocycles. The van der Waals surface area contributed by atoms with Crippen molar-refractivity contribution < 1.29 is 32.9 Å². The van der Waals surface area contributed by atoms with Gasteiger partial charge in [-0.15, -0.1) is 0 Å². The average Bonchev–Trinajstić information content (AvgIpc) is 1.80. The Bertz CT molecular complexity index is 291. The number of hydrogen-bond acceptors (Lipinski definition) is 4. The van der Waals surface area contributed by atoms with E-state index in [1.807, 2.05) is 0 Å². The molecule has 0 amide bonds. The van der Waals surface area contributed by atoms with Gasteiger partial charge in [0, 0.05) is 7.05 Å². The molecule has 0 aromatic carbocycles. The first kappa shape index (κ1) is 19.2. The van der Waals surface area contributed by atoms with E-state index in [9.17, 15) is 4.79 Å². The van der Waals surface area contributed by atoms with E-state index in [0.29, 0.717) is 0 Å². The van der Waals surface area contributed by atoms with Crippen LogP contribution in [0.2, 0.25) is 0 Å². The number of nitrogens with one attached hydrogen (secondary N) is 1. The van der Waals surface area contributed by atoms with E-state index in [4.69, 9.17) is 33.8 Å². The Morgan fingerprint density at radius 1 is 1.47 bits per heavy atom. The van der Waals surface area contributed by atoms with E-state index in [2.05, 4.69) is 0 Å². The predicted octanol–water partition coefficient (Wildman–Crippen LogP) is -2.58. The predicted molar refractivity (Wildman–Crippen MR) is 50.0 cm³/mol. The quantitative estimate of drug-likeness (QED) is 0.199. The van der Waals surface area contributed by atoms with E-state index in [-0.39, 0.29) is 18.0 Å². The lowest BCUT2D eigenvalue weighted by Crippen LogP contribution is -2.36. The molecule has 0 aliphatic rings. The molecule has 0 atom stereocenters. The monoisotopic (exact) mass is 247 g/mol. The molecule has 8 N–H and O–H groups in total. The maximum atomic E-state index is 9.92. The van der Waals surface area contributed by atoms with Gasteiger partial charge in [0.25, 0.3) is 0 Å². The number of guanidine groups is 1. The van der Waals surface area contributed by atoms with Crippen LogP contribution >= 0.6 is 0 Å². The average molecular weight is 247 g/mol. The first-order valence-corrected chi connectivity index (χ1v) is 4.40. The molecule has 0 aliphatic carbocycles. The number of likely N-dealkylation sites (N-methyl/N-ethyl adjacent to an activating group) is 1. The minimum Gasteiger partial charge on any atom is -0.480 e. The molecule has 0 heterocycles. The lowest BCUT2D eigenvalue weighted by Gasteiger charge is -2.12. The van der Waals surface area contributed by atoms with Crippen molar-refractivity contribution in [3.8, 4) is 0 Å². The van der Waals surface area contributed by atoms with Crippen LogP contribution in [0.5, 0.6) is 0 Å². The van der Waals surface area contributed by atoms with Gasteiger partial charge in [-0.05, 0) is 0 Å². The fourth-order valence-electron chi connectivity index (χ4n) is 0.288. The Morgan fingerprint density at radius 2 is 1.73 bits per heavy atom. The standard InChI is InChI=1S/C4H9N3O2.H2O4S.H2O/c1-7(4(5)6)2-3(8)9;1-5(2,3)4;/h2H2,1H3,(H3,5,6)(H,8,9);(H2,1,2,3,4);1H2. The highest BCUT2D eigenvalue weighted by molar-refractivity contribution is 7.79. The molecule has 10 nitrogen and oxygen atoms in total. The number of hydrogen-bond donors (Lipinski definition) is 5. The molecule has 15 heavy (non-hydrogen) atoms. The molecule has 0 radical (unpaired) electrons. The van der Waals surface area contributed by atoms with Gasteiger partial charge in [-0.3, -0.25) is 19.3 Å². The maximum absolute atomic E-state index is 9.92. The van der Waals surface area contributed by atoms with Crippen LogP contribution in [0.1, 0.15) is 0 Å². The number of nitrogens with zero attached hydrogens (tertiary/aromatic N) is 1. The molecule has 11 heteroatoms. The number of carboxylic acids is 1. The van der Waals surface area contributed by atoms with Crippen LogP contribution in [-0.2, 0) is 15.2 Å². The molecule has 0 fully saturated rings. The SMILES string of the molecule is CN(CC(=O)O)C(=N)N.O.O=S(=O)(O)O. The lowest BCUT2D eigenvalue weighted by molar-refractivity contribution is -0.137. The Kier molecular flexibility index (Phi) is 10.1. The van der Waals surface area contributed by atoms with Crippen LogP contribution in [0, 0.1) is 5.41 Å². The van der Waals surface area contributed by atoms with Crippen molar-refractivity contribution in [3.63, 3.8) is 0 Å². The zero-order valence-electron chi connectivity index (χ0n) is 7.71. The zero-order valence-corrected chi connectivity index (χ0v) is 8.52. The highest BCUT2D eigenvalue weighted by Crippen LogP contribution is 1.76. The summed E-state index contributed by atoms with van der Waals surface area (Å²) in [5.41, 5.74) is 4.93. The third-order valence-corrected chi connectivity index (χ3v) is 0.784. The largest absolute Gasteiger partial charge is 0.480 e. The summed E-state index contributed by atoms with van der Waals surface area (Å²) in [6.07, 6.45) is 0. The lowest BCUT2D eigenvalue weighted by atomic mass is 10.6. The van der Waals surface area contributed by atoms with Crippen LogP contribution in [0.25, 0.3) is 0 Å². The third kappa shape index (κ3) is 32.5. The highest BCUT2D eigenvalue weighted by Gasteiger charge is 2.03. The highest BCUT2D eigenvalue weighted by atomic mass is 32.3. The molecular formula is C4H13N3O7S. The van der Waals surface area contributed by atoms with Gasteiger partial charge in [-0.2, -0.15) is 8.42 Å². The summed E-state index contributed by atoms with van der Waals surface area (Å²) in [7, 11) is -3.23. The summed E-state index contributed by atoms with van der Waals surface area (Å²) in [6, 6.07) is 0. The summed E-state index contributed by atoms with van der Waals surface area (Å²) >= 11 is 0. The topological polar surface area (TPSA) is 197 Å². The molecule has 0 saturated heterocycles. The maximum Gasteiger partial charge on any atom is 0.394 e. The second-order valence-corrected chi connectivity index (χ2v) is 2.98. The number of aliphatic carboxylic acids is 1. The van der Waals surface area contributed by atoms with Crippen LogP contribution in [-0.4, -0.2) is 58.5 Å². The van der Waals surface area contributed by atoms with Crippen molar-refractivity contribution in [3.05, 3.63) is 0 Å². The van der Waals surface area contributed by atoms with Crippen molar-refractivity contribution in [2.75, 3.05) is 13.6 Å². The second-order valence-electron chi connectivity index (χ2n) is 2.08. The fraction of sp³-hybridized carbons (Fsp3) is 0.500. The molecule has 0 bridgehead atoms. The number of carbonyl (C=O) groups is 1. The second kappa shape index (κ2) is 7.93. The van der Waals surface area contributed by atoms with Crippen molar-refractivity contribution in [1.29, 1.82) is 5.41 Å². The van der Waals surface area contributed by atoms with Crippen LogP contribution in [0.15, 0.2) is 0 Å². The van der Waals surface area contributed by atoms with Crippen LogP contribution in [0.3, 0.4) is 0 Å². The van der Waals surface area contributed by atoms with Gasteiger partial charge in [0.05, 0.1) is 0 Å². The Labute approximate surface area is 85.7 Å². The zero-order chi connectivity index (χ0) is 11.9. The normalized spacial score (nSPS) is 9.00. The molecule has 0 rings (SSSR count). The molecule has 0 unspecified atom stereocenters. The van der Waals surface area contributed by atoms with Gasteiger partial charge in [-0.1, -0.05) is 0 Å². The molecule has 0 aromatic rings. The van der Waals surface area contributed by atoms with Gasteiger partial charge < -0.3 is 21.2 Å². The molecule has 0 spiro atoms. The molecule has 0 aliphatic heterocycles. The van der Waals surface area contributed by atoms with E-state index in [0.717, 1.165) is 4.90 Å². The number of nitrogens with two attached hydrogens (primary N) is 1. The molecule has 92 valence electrons. The number of rotatable bonds is 2. The Morgan fingerprint density at radius 3 is 1.80 bits per heavy atom.